The molecule has 0 spiro atoms. The minimum Gasteiger partial charge on any atom is -0.354 e. The first-order valence-corrected chi connectivity index (χ1v) is 12.1. The maximum atomic E-state index is 13.3. The van der Waals surface area contributed by atoms with Gasteiger partial charge in [0.1, 0.15) is 6.04 Å². The Labute approximate surface area is 202 Å². The zero-order valence-electron chi connectivity index (χ0n) is 19.5. The van der Waals surface area contributed by atoms with Crippen LogP contribution in [0.4, 0.5) is 0 Å². The summed E-state index contributed by atoms with van der Waals surface area (Å²) in [5.41, 5.74) is 3.23. The van der Waals surface area contributed by atoms with Gasteiger partial charge in [-0.05, 0) is 54.0 Å². The number of nitrogens with zero attached hydrogens (tertiary/aromatic N) is 1. The summed E-state index contributed by atoms with van der Waals surface area (Å²) < 4.78 is 0. The van der Waals surface area contributed by atoms with Crippen molar-refractivity contribution in [1.82, 2.24) is 10.2 Å². The Kier molecular flexibility index (Phi) is 10.5. The first-order chi connectivity index (χ1) is 15.3. The highest BCUT2D eigenvalue weighted by Gasteiger charge is 2.28. The zero-order valence-corrected chi connectivity index (χ0v) is 21.0. The van der Waals surface area contributed by atoms with E-state index in [0.717, 1.165) is 17.5 Å². The third-order valence-corrected chi connectivity index (χ3v) is 6.29. The van der Waals surface area contributed by atoms with Gasteiger partial charge in [0.25, 0.3) is 0 Å². The first-order valence-electron chi connectivity index (χ1n) is 11.4. The predicted molar refractivity (Wildman–Crippen MR) is 133 cm³/mol. The monoisotopic (exact) mass is 476 g/mol. The number of hydrogen-bond acceptors (Lipinski definition) is 2. The van der Waals surface area contributed by atoms with Crippen LogP contribution in [-0.4, -0.2) is 29.3 Å². The summed E-state index contributed by atoms with van der Waals surface area (Å²) in [6, 6.07) is 13.2. The highest BCUT2D eigenvalue weighted by molar-refractivity contribution is 6.42. The quantitative estimate of drug-likeness (QED) is 0.408. The van der Waals surface area contributed by atoms with Crippen molar-refractivity contribution in [3.63, 3.8) is 0 Å². The van der Waals surface area contributed by atoms with Gasteiger partial charge < -0.3 is 10.2 Å². The van der Waals surface area contributed by atoms with E-state index >= 15 is 0 Å². The molecule has 0 aliphatic carbocycles. The fourth-order valence-corrected chi connectivity index (χ4v) is 3.90. The van der Waals surface area contributed by atoms with Crippen LogP contribution in [0, 0.1) is 0 Å². The molecule has 0 bridgehead atoms. The van der Waals surface area contributed by atoms with Gasteiger partial charge in [-0.25, -0.2) is 0 Å². The van der Waals surface area contributed by atoms with Crippen molar-refractivity contribution in [2.75, 3.05) is 6.54 Å². The van der Waals surface area contributed by atoms with Crippen molar-refractivity contribution in [2.24, 2.45) is 0 Å². The average Bonchev–Trinajstić information content (AvgIpc) is 2.78. The van der Waals surface area contributed by atoms with E-state index in [1.165, 1.54) is 5.56 Å². The molecule has 4 nitrogen and oxygen atoms in total. The summed E-state index contributed by atoms with van der Waals surface area (Å²) in [6.45, 7) is 9.15. The second-order valence-electron chi connectivity index (χ2n) is 8.38. The van der Waals surface area contributed by atoms with Gasteiger partial charge in [0.15, 0.2) is 0 Å². The van der Waals surface area contributed by atoms with Crippen molar-refractivity contribution in [1.29, 1.82) is 0 Å². The standard InChI is InChI=1S/C26H34Cl2N2O2/c1-5-15-29-26(32)24(6-2)30(17-20-9-13-22(27)23(28)16-20)25(31)14-10-19-7-11-21(12-8-19)18(3)4/h7-9,11-13,16,18,24H,5-6,10,14-15,17H2,1-4H3,(H,29,32). The summed E-state index contributed by atoms with van der Waals surface area (Å²) in [4.78, 5) is 27.8. The molecule has 1 unspecified atom stereocenters. The van der Waals surface area contributed by atoms with E-state index in [4.69, 9.17) is 23.2 Å². The summed E-state index contributed by atoms with van der Waals surface area (Å²) in [6.07, 6.45) is 2.34. The van der Waals surface area contributed by atoms with Crippen LogP contribution in [0.5, 0.6) is 0 Å². The zero-order chi connectivity index (χ0) is 23.7. The molecule has 2 aromatic rings. The molecule has 2 amide bonds. The molecule has 2 rings (SSSR count). The van der Waals surface area contributed by atoms with Gasteiger partial charge in [-0.15, -0.1) is 0 Å². The van der Waals surface area contributed by atoms with Crippen molar-refractivity contribution >= 4 is 35.0 Å². The second kappa shape index (κ2) is 12.9. The lowest BCUT2D eigenvalue weighted by Crippen LogP contribution is -2.49. The van der Waals surface area contributed by atoms with Gasteiger partial charge in [-0.2, -0.15) is 0 Å². The summed E-state index contributed by atoms with van der Waals surface area (Å²) in [7, 11) is 0. The van der Waals surface area contributed by atoms with Gasteiger partial charge in [0, 0.05) is 19.5 Å². The molecule has 0 saturated heterocycles. The third-order valence-electron chi connectivity index (χ3n) is 5.55. The van der Waals surface area contributed by atoms with Crippen LogP contribution in [0.2, 0.25) is 10.0 Å². The smallest absolute Gasteiger partial charge is 0.242 e. The largest absolute Gasteiger partial charge is 0.354 e. The maximum absolute atomic E-state index is 13.3. The topological polar surface area (TPSA) is 49.4 Å². The lowest BCUT2D eigenvalue weighted by atomic mass is 10.00. The van der Waals surface area contributed by atoms with Crippen molar-refractivity contribution in [3.8, 4) is 0 Å². The molecule has 0 saturated carbocycles. The van der Waals surface area contributed by atoms with E-state index in [9.17, 15) is 9.59 Å². The molecule has 1 N–H and O–H groups in total. The van der Waals surface area contributed by atoms with Crippen LogP contribution in [0.3, 0.4) is 0 Å². The Bertz CT molecular complexity index is 897. The normalized spacial score (nSPS) is 12.0. The number of rotatable bonds is 11. The summed E-state index contributed by atoms with van der Waals surface area (Å²) >= 11 is 12.2. The molecule has 0 heterocycles. The Morgan fingerprint density at radius 2 is 1.62 bits per heavy atom. The van der Waals surface area contributed by atoms with E-state index in [1.54, 1.807) is 17.0 Å². The molecule has 2 aromatic carbocycles. The maximum Gasteiger partial charge on any atom is 0.242 e. The van der Waals surface area contributed by atoms with Crippen LogP contribution < -0.4 is 5.32 Å². The second-order valence-corrected chi connectivity index (χ2v) is 9.20. The third kappa shape index (κ3) is 7.53. The van der Waals surface area contributed by atoms with E-state index in [0.29, 0.717) is 48.3 Å². The van der Waals surface area contributed by atoms with Crippen LogP contribution in [0.25, 0.3) is 0 Å². The van der Waals surface area contributed by atoms with Gasteiger partial charge in [0.05, 0.1) is 10.0 Å². The summed E-state index contributed by atoms with van der Waals surface area (Å²) in [5.74, 6) is 0.297. The van der Waals surface area contributed by atoms with E-state index < -0.39 is 6.04 Å². The number of nitrogens with one attached hydrogen (secondary N) is 1. The Morgan fingerprint density at radius 3 is 2.19 bits per heavy atom. The molecule has 6 heteroatoms. The highest BCUT2D eigenvalue weighted by Crippen LogP contribution is 2.24. The lowest BCUT2D eigenvalue weighted by molar-refractivity contribution is -0.141. The fraction of sp³-hybridized carbons (Fsp3) is 0.462. The number of hydrogen-bond donors (Lipinski definition) is 1. The lowest BCUT2D eigenvalue weighted by Gasteiger charge is -2.31. The molecule has 0 fully saturated rings. The number of aryl methyl sites for hydroxylation is 1. The first kappa shape index (κ1) is 26.2. The molecule has 0 aromatic heterocycles. The minimum absolute atomic E-state index is 0.0532. The van der Waals surface area contributed by atoms with Crippen molar-refractivity contribution in [3.05, 3.63) is 69.2 Å². The van der Waals surface area contributed by atoms with Crippen molar-refractivity contribution in [2.45, 2.75) is 71.9 Å². The van der Waals surface area contributed by atoms with Crippen molar-refractivity contribution < 1.29 is 9.59 Å². The van der Waals surface area contributed by atoms with Gasteiger partial charge in [-0.1, -0.05) is 81.2 Å². The van der Waals surface area contributed by atoms with Crippen LogP contribution in [-0.2, 0) is 22.6 Å². The highest BCUT2D eigenvalue weighted by atomic mass is 35.5. The molecule has 174 valence electrons. The average molecular weight is 477 g/mol. The molecule has 0 aliphatic heterocycles. The van der Waals surface area contributed by atoms with Gasteiger partial charge >= 0.3 is 0 Å². The van der Waals surface area contributed by atoms with Crippen LogP contribution >= 0.6 is 23.2 Å². The fourth-order valence-electron chi connectivity index (χ4n) is 3.58. The summed E-state index contributed by atoms with van der Waals surface area (Å²) in [5, 5.41) is 3.83. The Morgan fingerprint density at radius 1 is 0.969 bits per heavy atom. The Hall–Kier alpha value is -2.04. The van der Waals surface area contributed by atoms with Gasteiger partial charge in [0.2, 0.25) is 11.8 Å². The van der Waals surface area contributed by atoms with E-state index in [2.05, 4.69) is 43.4 Å². The number of halogens is 2. The SMILES string of the molecule is CCCNC(=O)C(CC)N(Cc1ccc(Cl)c(Cl)c1)C(=O)CCc1ccc(C(C)C)cc1. The molecule has 0 aliphatic rings. The molecular formula is C26H34Cl2N2O2. The predicted octanol–water partition coefficient (Wildman–Crippen LogP) is 6.38. The number of benzene rings is 2. The number of amides is 2. The molecule has 0 radical (unpaired) electrons. The van der Waals surface area contributed by atoms with E-state index in [1.807, 2.05) is 19.9 Å². The minimum atomic E-state index is -0.535. The van der Waals surface area contributed by atoms with Crippen LogP contribution in [0.15, 0.2) is 42.5 Å². The van der Waals surface area contributed by atoms with Gasteiger partial charge in [-0.3, -0.25) is 9.59 Å². The van der Waals surface area contributed by atoms with Crippen LogP contribution in [0.1, 0.15) is 69.6 Å². The number of carbonyl (C=O) groups excluding carboxylic acids is 2. The molecule has 32 heavy (non-hydrogen) atoms. The molecule has 1 atom stereocenters. The number of carbonyl (C=O) groups is 2. The van der Waals surface area contributed by atoms with E-state index in [-0.39, 0.29) is 11.8 Å². The molecular weight excluding hydrogens is 443 g/mol. The Balaban J connectivity index is 2.19.